The fourth-order valence-corrected chi connectivity index (χ4v) is 2.14. The Labute approximate surface area is 131 Å². The van der Waals surface area contributed by atoms with E-state index in [1.54, 1.807) is 18.2 Å². The number of hydrogen-bond donors (Lipinski definition) is 2. The number of rotatable bonds is 6. The van der Waals surface area contributed by atoms with Crippen molar-refractivity contribution in [3.05, 3.63) is 59.7 Å². The molecule has 1 unspecified atom stereocenters. The van der Waals surface area contributed by atoms with Crippen molar-refractivity contribution in [3.63, 3.8) is 0 Å². The summed E-state index contributed by atoms with van der Waals surface area (Å²) in [5.41, 5.74) is 7.87. The third-order valence-electron chi connectivity index (χ3n) is 3.54. The average molecular weight is 298 g/mol. The summed E-state index contributed by atoms with van der Waals surface area (Å²) in [7, 11) is 0. The molecule has 0 bridgehead atoms. The summed E-state index contributed by atoms with van der Waals surface area (Å²) in [6.45, 7) is 4.48. The van der Waals surface area contributed by atoms with Crippen LogP contribution in [-0.4, -0.2) is 18.6 Å². The summed E-state index contributed by atoms with van der Waals surface area (Å²) in [6, 6.07) is 14.9. The van der Waals surface area contributed by atoms with E-state index in [9.17, 15) is 4.79 Å². The zero-order valence-corrected chi connectivity index (χ0v) is 13.0. The lowest BCUT2D eigenvalue weighted by atomic mass is 10.1. The number of ether oxygens (including phenoxy) is 1. The van der Waals surface area contributed by atoms with E-state index in [-0.39, 0.29) is 12.0 Å². The number of carbonyl (C=O) groups is 1. The van der Waals surface area contributed by atoms with Gasteiger partial charge in [0.05, 0.1) is 12.1 Å². The summed E-state index contributed by atoms with van der Waals surface area (Å²) < 4.78 is 5.96. The van der Waals surface area contributed by atoms with Gasteiger partial charge in [0, 0.05) is 5.69 Å². The molecule has 0 heterocycles. The molecule has 22 heavy (non-hydrogen) atoms. The predicted molar refractivity (Wildman–Crippen MR) is 89.1 cm³/mol. The lowest BCUT2D eigenvalue weighted by Gasteiger charge is -2.19. The molecule has 3 N–H and O–H groups in total. The number of nitrogens with one attached hydrogen (secondary N) is 1. The van der Waals surface area contributed by atoms with Crippen molar-refractivity contribution in [2.24, 2.45) is 0 Å². The molecule has 0 aliphatic carbocycles. The molecular formula is C18H22N2O2. The van der Waals surface area contributed by atoms with Crippen molar-refractivity contribution in [2.75, 3.05) is 12.3 Å². The van der Waals surface area contributed by atoms with Gasteiger partial charge in [0.25, 0.3) is 5.91 Å². The number of carbonyl (C=O) groups excluding carboxylic acids is 1. The van der Waals surface area contributed by atoms with Gasteiger partial charge in [-0.1, -0.05) is 37.3 Å². The number of aryl methyl sites for hydroxylation is 1. The SMILES string of the molecule is CCC(CNC(=O)c1ccccc1N)Oc1ccccc1C. The van der Waals surface area contributed by atoms with Crippen LogP contribution in [0.15, 0.2) is 48.5 Å². The van der Waals surface area contributed by atoms with Crippen molar-refractivity contribution < 1.29 is 9.53 Å². The fourth-order valence-electron chi connectivity index (χ4n) is 2.14. The molecule has 0 aliphatic rings. The number of nitrogens with two attached hydrogens (primary N) is 1. The largest absolute Gasteiger partial charge is 0.488 e. The fraction of sp³-hybridized carbons (Fsp3) is 0.278. The quantitative estimate of drug-likeness (QED) is 0.805. The highest BCUT2D eigenvalue weighted by Crippen LogP contribution is 2.18. The summed E-state index contributed by atoms with van der Waals surface area (Å²) in [5.74, 6) is 0.674. The van der Waals surface area contributed by atoms with E-state index >= 15 is 0 Å². The summed E-state index contributed by atoms with van der Waals surface area (Å²) in [6.07, 6.45) is 0.730. The topological polar surface area (TPSA) is 64.4 Å². The first kappa shape index (κ1) is 15.9. The zero-order chi connectivity index (χ0) is 15.9. The third kappa shape index (κ3) is 4.01. The van der Waals surface area contributed by atoms with Gasteiger partial charge in [-0.15, -0.1) is 0 Å². The second-order valence-electron chi connectivity index (χ2n) is 5.21. The standard InChI is InChI=1S/C18H22N2O2/c1-3-14(22-17-11-7-4-8-13(17)2)12-20-18(21)15-9-5-6-10-16(15)19/h4-11,14H,3,12,19H2,1-2H3,(H,20,21). The minimum absolute atomic E-state index is 0.0741. The van der Waals surface area contributed by atoms with Crippen molar-refractivity contribution in [3.8, 4) is 5.75 Å². The minimum atomic E-state index is -0.176. The van der Waals surface area contributed by atoms with Gasteiger partial charge in [-0.3, -0.25) is 4.79 Å². The Morgan fingerprint density at radius 3 is 2.55 bits per heavy atom. The molecule has 0 fully saturated rings. The molecule has 0 saturated heterocycles. The van der Waals surface area contributed by atoms with Crippen LogP contribution in [0, 0.1) is 6.92 Å². The molecule has 1 amide bonds. The Morgan fingerprint density at radius 2 is 1.86 bits per heavy atom. The molecule has 4 heteroatoms. The van der Waals surface area contributed by atoms with Crippen LogP contribution in [0.2, 0.25) is 0 Å². The Morgan fingerprint density at radius 1 is 1.18 bits per heavy atom. The zero-order valence-electron chi connectivity index (χ0n) is 13.0. The Hall–Kier alpha value is -2.49. The van der Waals surface area contributed by atoms with Gasteiger partial charge in [0.2, 0.25) is 0 Å². The van der Waals surface area contributed by atoms with Crippen molar-refractivity contribution in [2.45, 2.75) is 26.4 Å². The van der Waals surface area contributed by atoms with E-state index in [1.807, 2.05) is 44.2 Å². The van der Waals surface area contributed by atoms with Gasteiger partial charge >= 0.3 is 0 Å². The molecule has 2 aromatic rings. The van der Waals surface area contributed by atoms with Crippen molar-refractivity contribution in [1.29, 1.82) is 0 Å². The van der Waals surface area contributed by atoms with Gasteiger partial charge in [0.15, 0.2) is 0 Å². The normalized spacial score (nSPS) is 11.7. The second kappa shape index (κ2) is 7.50. The van der Waals surface area contributed by atoms with E-state index in [0.717, 1.165) is 17.7 Å². The van der Waals surface area contributed by atoms with Crippen molar-refractivity contribution in [1.82, 2.24) is 5.32 Å². The molecule has 0 aliphatic heterocycles. The maximum atomic E-state index is 12.2. The van der Waals surface area contributed by atoms with E-state index in [2.05, 4.69) is 5.32 Å². The Kier molecular flexibility index (Phi) is 5.42. The van der Waals surface area contributed by atoms with Crippen LogP contribution < -0.4 is 15.8 Å². The number of nitrogen functional groups attached to an aromatic ring is 1. The molecule has 4 nitrogen and oxygen atoms in total. The van der Waals surface area contributed by atoms with E-state index < -0.39 is 0 Å². The van der Waals surface area contributed by atoms with Crippen LogP contribution in [0.3, 0.4) is 0 Å². The maximum Gasteiger partial charge on any atom is 0.253 e. The molecular weight excluding hydrogens is 276 g/mol. The number of para-hydroxylation sites is 2. The first-order chi connectivity index (χ1) is 10.6. The highest BCUT2D eigenvalue weighted by atomic mass is 16.5. The predicted octanol–water partition coefficient (Wildman–Crippen LogP) is 3.16. The molecule has 0 saturated carbocycles. The van der Waals surface area contributed by atoms with Gasteiger partial charge in [0.1, 0.15) is 11.9 Å². The van der Waals surface area contributed by atoms with E-state index in [4.69, 9.17) is 10.5 Å². The second-order valence-corrected chi connectivity index (χ2v) is 5.21. The van der Waals surface area contributed by atoms with Crippen LogP contribution in [0.5, 0.6) is 5.75 Å². The van der Waals surface area contributed by atoms with Crippen LogP contribution in [0.4, 0.5) is 5.69 Å². The molecule has 1 atom stereocenters. The smallest absolute Gasteiger partial charge is 0.253 e. The van der Waals surface area contributed by atoms with Gasteiger partial charge in [-0.2, -0.15) is 0 Å². The van der Waals surface area contributed by atoms with E-state index in [1.165, 1.54) is 0 Å². The molecule has 0 aromatic heterocycles. The van der Waals surface area contributed by atoms with Crippen molar-refractivity contribution >= 4 is 11.6 Å². The minimum Gasteiger partial charge on any atom is -0.488 e. The van der Waals surface area contributed by atoms with E-state index in [0.29, 0.717) is 17.8 Å². The maximum absolute atomic E-state index is 12.2. The highest BCUT2D eigenvalue weighted by Gasteiger charge is 2.13. The molecule has 116 valence electrons. The first-order valence-electron chi connectivity index (χ1n) is 7.46. The van der Waals surface area contributed by atoms with Gasteiger partial charge in [-0.05, 0) is 37.1 Å². The lowest BCUT2D eigenvalue weighted by molar-refractivity contribution is 0.0926. The Balaban J connectivity index is 1.95. The van der Waals surface area contributed by atoms with Crippen LogP contribution in [0.1, 0.15) is 29.3 Å². The van der Waals surface area contributed by atoms with Gasteiger partial charge in [-0.25, -0.2) is 0 Å². The van der Waals surface area contributed by atoms with Crippen LogP contribution in [0.25, 0.3) is 0 Å². The summed E-state index contributed by atoms with van der Waals surface area (Å²) in [5, 5.41) is 2.89. The summed E-state index contributed by atoms with van der Waals surface area (Å²) >= 11 is 0. The van der Waals surface area contributed by atoms with Crippen LogP contribution in [-0.2, 0) is 0 Å². The van der Waals surface area contributed by atoms with Crippen LogP contribution >= 0.6 is 0 Å². The number of hydrogen-bond acceptors (Lipinski definition) is 3. The first-order valence-corrected chi connectivity index (χ1v) is 7.46. The average Bonchev–Trinajstić information content (AvgIpc) is 2.53. The summed E-state index contributed by atoms with van der Waals surface area (Å²) in [4.78, 5) is 12.2. The molecule has 2 rings (SSSR count). The monoisotopic (exact) mass is 298 g/mol. The Bertz CT molecular complexity index is 640. The highest BCUT2D eigenvalue weighted by molar-refractivity contribution is 5.99. The number of anilines is 1. The number of benzene rings is 2. The third-order valence-corrected chi connectivity index (χ3v) is 3.54. The molecule has 0 spiro atoms. The molecule has 0 radical (unpaired) electrons. The lowest BCUT2D eigenvalue weighted by Crippen LogP contribution is -2.35. The van der Waals surface area contributed by atoms with Gasteiger partial charge < -0.3 is 15.8 Å². The molecule has 2 aromatic carbocycles. The number of amides is 1.